The second kappa shape index (κ2) is 7.57. The molecule has 0 radical (unpaired) electrons. The minimum atomic E-state index is -0.472. The number of thiophene rings is 1. The van der Waals surface area contributed by atoms with Gasteiger partial charge in [-0.1, -0.05) is 25.5 Å². The molecule has 1 atom stereocenters. The Balaban J connectivity index is 1.68. The van der Waals surface area contributed by atoms with E-state index in [4.69, 9.17) is 0 Å². The van der Waals surface area contributed by atoms with Crippen LogP contribution in [0.2, 0.25) is 0 Å². The van der Waals surface area contributed by atoms with Gasteiger partial charge in [-0.2, -0.15) is 5.10 Å². The van der Waals surface area contributed by atoms with Crippen molar-refractivity contribution in [2.24, 2.45) is 11.0 Å². The molecular weight excluding hydrogens is 338 g/mol. The molecule has 0 saturated heterocycles. The zero-order valence-electron chi connectivity index (χ0n) is 13.9. The molecule has 1 aromatic heterocycles. The molecule has 6 nitrogen and oxygen atoms in total. The van der Waals surface area contributed by atoms with Crippen molar-refractivity contribution in [2.75, 3.05) is 0 Å². The first-order valence-electron chi connectivity index (χ1n) is 8.27. The van der Waals surface area contributed by atoms with Gasteiger partial charge < -0.3 is 0 Å². The maximum absolute atomic E-state index is 12.3. The number of nitro benzene ring substituents is 1. The van der Waals surface area contributed by atoms with Gasteiger partial charge in [0.15, 0.2) is 0 Å². The van der Waals surface area contributed by atoms with Crippen molar-refractivity contribution < 1.29 is 9.72 Å². The molecule has 25 heavy (non-hydrogen) atoms. The summed E-state index contributed by atoms with van der Waals surface area (Å²) in [6, 6.07) is 8.22. The van der Waals surface area contributed by atoms with Crippen LogP contribution in [-0.4, -0.2) is 17.0 Å². The number of para-hydroxylation sites is 1. The number of carbonyl (C=O) groups excluding carboxylic acids is 1. The normalized spacial score (nSPS) is 16.6. The Morgan fingerprint density at radius 1 is 1.48 bits per heavy atom. The summed E-state index contributed by atoms with van der Waals surface area (Å²) in [6.45, 7) is 2.20. The maximum Gasteiger partial charge on any atom is 0.281 e. The zero-order chi connectivity index (χ0) is 17.8. The fourth-order valence-electron chi connectivity index (χ4n) is 3.04. The van der Waals surface area contributed by atoms with Crippen molar-refractivity contribution in [3.8, 4) is 0 Å². The number of aryl methyl sites for hydroxylation is 1. The molecule has 1 aliphatic carbocycles. The van der Waals surface area contributed by atoms with E-state index >= 15 is 0 Å². The average molecular weight is 357 g/mol. The predicted molar refractivity (Wildman–Crippen MR) is 98.3 cm³/mol. The van der Waals surface area contributed by atoms with E-state index in [9.17, 15) is 14.9 Å². The molecule has 0 aliphatic heterocycles. The number of nitrogens with zero attached hydrogens (tertiary/aromatic N) is 2. The van der Waals surface area contributed by atoms with Crippen molar-refractivity contribution in [1.29, 1.82) is 0 Å². The molecule has 2 aromatic rings. The lowest BCUT2D eigenvalue weighted by atomic mass is 9.87. The minimum absolute atomic E-state index is 0.0438. The topological polar surface area (TPSA) is 84.6 Å². The lowest BCUT2D eigenvalue weighted by molar-refractivity contribution is -0.385. The number of hydrogen-bond donors (Lipinski definition) is 1. The van der Waals surface area contributed by atoms with Crippen molar-refractivity contribution in [3.05, 3.63) is 61.3 Å². The molecule has 0 unspecified atom stereocenters. The molecule has 1 N–H and O–H groups in total. The molecule has 0 spiro atoms. The highest BCUT2D eigenvalue weighted by molar-refractivity contribution is 7.14. The van der Waals surface area contributed by atoms with E-state index < -0.39 is 4.92 Å². The molecule has 7 heteroatoms. The van der Waals surface area contributed by atoms with Gasteiger partial charge in [0, 0.05) is 10.9 Å². The van der Waals surface area contributed by atoms with Crippen molar-refractivity contribution in [3.63, 3.8) is 0 Å². The second-order valence-corrected chi connectivity index (χ2v) is 7.23. The molecule has 1 aromatic carbocycles. The summed E-state index contributed by atoms with van der Waals surface area (Å²) in [5.41, 5.74) is 4.05. The van der Waals surface area contributed by atoms with Gasteiger partial charge >= 0.3 is 0 Å². The first-order chi connectivity index (χ1) is 12.1. The maximum atomic E-state index is 12.3. The summed E-state index contributed by atoms with van der Waals surface area (Å²) < 4.78 is 0. The van der Waals surface area contributed by atoms with E-state index in [1.165, 1.54) is 40.5 Å². The van der Waals surface area contributed by atoms with Crippen LogP contribution in [0.25, 0.3) is 0 Å². The zero-order valence-corrected chi connectivity index (χ0v) is 14.7. The van der Waals surface area contributed by atoms with Crippen LogP contribution in [0.4, 0.5) is 5.69 Å². The second-order valence-electron chi connectivity index (χ2n) is 6.09. The standard InChI is InChI=1S/C18H19N3O3S/c1-2-12-7-8-16-14(9-12)10-17(25-16)18(22)20-19-11-13-5-3-4-6-15(13)21(23)24/h3-6,10-12H,2,7-9H2,1H3,(H,20,22)/b19-11-/t12-/m0/s1. The lowest BCUT2D eigenvalue weighted by Crippen LogP contribution is -2.16. The highest BCUT2D eigenvalue weighted by Crippen LogP contribution is 2.33. The highest BCUT2D eigenvalue weighted by atomic mass is 32.1. The van der Waals surface area contributed by atoms with Crippen LogP contribution < -0.4 is 5.43 Å². The first kappa shape index (κ1) is 17.3. The first-order valence-corrected chi connectivity index (χ1v) is 9.08. The minimum Gasteiger partial charge on any atom is -0.266 e. The van der Waals surface area contributed by atoms with E-state index in [2.05, 4.69) is 17.5 Å². The van der Waals surface area contributed by atoms with E-state index in [0.29, 0.717) is 16.4 Å². The Morgan fingerprint density at radius 2 is 2.28 bits per heavy atom. The Morgan fingerprint density at radius 3 is 3.04 bits per heavy atom. The van der Waals surface area contributed by atoms with Gasteiger partial charge in [-0.05, 0) is 42.9 Å². The molecule has 1 aliphatic rings. The number of hydrazone groups is 1. The van der Waals surface area contributed by atoms with Gasteiger partial charge in [0.2, 0.25) is 0 Å². The fourth-order valence-corrected chi connectivity index (χ4v) is 4.14. The number of amides is 1. The molecule has 0 saturated carbocycles. The third kappa shape index (κ3) is 3.93. The Bertz CT molecular complexity index is 829. The van der Waals surface area contributed by atoms with Crippen LogP contribution in [-0.2, 0) is 12.8 Å². The summed E-state index contributed by atoms with van der Waals surface area (Å²) in [5.74, 6) is 0.428. The number of hydrogen-bond acceptors (Lipinski definition) is 5. The van der Waals surface area contributed by atoms with Crippen LogP contribution in [0.3, 0.4) is 0 Å². The van der Waals surface area contributed by atoms with Gasteiger partial charge in [0.1, 0.15) is 0 Å². The summed E-state index contributed by atoms with van der Waals surface area (Å²) >= 11 is 1.52. The smallest absolute Gasteiger partial charge is 0.266 e. The molecular formula is C18H19N3O3S. The SMILES string of the molecule is CC[C@H]1CCc2sc(C(=O)N/N=C\c3ccccc3[N+](=O)[O-])cc2C1. The highest BCUT2D eigenvalue weighted by Gasteiger charge is 2.22. The number of nitro groups is 1. The molecule has 130 valence electrons. The van der Waals surface area contributed by atoms with Crippen LogP contribution in [0, 0.1) is 16.0 Å². The molecule has 1 amide bonds. The molecule has 0 fully saturated rings. The van der Waals surface area contributed by atoms with Crippen LogP contribution in [0.1, 0.15) is 45.4 Å². The van der Waals surface area contributed by atoms with Gasteiger partial charge in [-0.15, -0.1) is 11.3 Å². The van der Waals surface area contributed by atoms with E-state index in [-0.39, 0.29) is 11.6 Å². The molecule has 0 bridgehead atoms. The van der Waals surface area contributed by atoms with Crippen LogP contribution in [0.5, 0.6) is 0 Å². The summed E-state index contributed by atoms with van der Waals surface area (Å²) in [4.78, 5) is 24.7. The third-order valence-electron chi connectivity index (χ3n) is 4.49. The number of carbonyl (C=O) groups is 1. The van der Waals surface area contributed by atoms with Gasteiger partial charge in [-0.25, -0.2) is 5.43 Å². The average Bonchev–Trinajstić information content (AvgIpc) is 3.05. The Hall–Kier alpha value is -2.54. The van der Waals surface area contributed by atoms with E-state index in [1.54, 1.807) is 18.2 Å². The van der Waals surface area contributed by atoms with Crippen molar-refractivity contribution in [2.45, 2.75) is 32.6 Å². The Labute approximate surface area is 149 Å². The van der Waals surface area contributed by atoms with Crippen molar-refractivity contribution in [1.82, 2.24) is 5.43 Å². The summed E-state index contributed by atoms with van der Waals surface area (Å²) in [7, 11) is 0. The van der Waals surface area contributed by atoms with Crippen molar-refractivity contribution >= 4 is 29.1 Å². The third-order valence-corrected chi connectivity index (χ3v) is 5.73. The largest absolute Gasteiger partial charge is 0.281 e. The number of fused-ring (bicyclic) bond motifs is 1. The van der Waals surface area contributed by atoms with Crippen LogP contribution >= 0.6 is 11.3 Å². The van der Waals surface area contributed by atoms with Crippen LogP contribution in [0.15, 0.2) is 35.4 Å². The van der Waals surface area contributed by atoms with Gasteiger partial charge in [0.05, 0.1) is 21.6 Å². The van der Waals surface area contributed by atoms with E-state index in [0.717, 1.165) is 19.3 Å². The quantitative estimate of drug-likeness (QED) is 0.500. The number of benzene rings is 1. The summed E-state index contributed by atoms with van der Waals surface area (Å²) in [6.07, 6.45) is 5.72. The van der Waals surface area contributed by atoms with E-state index in [1.807, 2.05) is 6.07 Å². The monoisotopic (exact) mass is 357 g/mol. The fraction of sp³-hybridized carbons (Fsp3) is 0.333. The number of rotatable bonds is 5. The van der Waals surface area contributed by atoms with Gasteiger partial charge in [0.25, 0.3) is 11.6 Å². The Kier molecular flexibility index (Phi) is 5.23. The molecule has 3 rings (SSSR count). The predicted octanol–water partition coefficient (Wildman–Crippen LogP) is 3.94. The lowest BCUT2D eigenvalue weighted by Gasteiger charge is -2.19. The summed E-state index contributed by atoms with van der Waals surface area (Å²) in [5, 5.41) is 14.8. The van der Waals surface area contributed by atoms with Gasteiger partial charge in [-0.3, -0.25) is 14.9 Å². The number of nitrogens with one attached hydrogen (secondary N) is 1. The molecule has 1 heterocycles.